The lowest BCUT2D eigenvalue weighted by Gasteiger charge is -2.31. The molecular formula is C12H23N3O2. The SMILES string of the molecule is CCCN=C1NC(=O)C(C)(CC(C)(C)OC)N1. The third kappa shape index (κ3) is 3.43. The molecule has 0 saturated carbocycles. The van der Waals surface area contributed by atoms with Crippen LogP contribution < -0.4 is 10.6 Å². The van der Waals surface area contributed by atoms with Crippen molar-refractivity contribution in [2.45, 2.75) is 51.7 Å². The highest BCUT2D eigenvalue weighted by Crippen LogP contribution is 2.25. The van der Waals surface area contributed by atoms with Crippen LogP contribution in [0.25, 0.3) is 0 Å². The molecule has 1 rings (SSSR count). The molecule has 5 nitrogen and oxygen atoms in total. The van der Waals surface area contributed by atoms with Crippen molar-refractivity contribution < 1.29 is 9.53 Å². The summed E-state index contributed by atoms with van der Waals surface area (Å²) in [6.45, 7) is 8.57. The molecule has 0 aromatic heterocycles. The topological polar surface area (TPSA) is 62.7 Å². The molecule has 5 heteroatoms. The molecule has 98 valence electrons. The molecule has 1 saturated heterocycles. The average Bonchev–Trinajstić information content (AvgIpc) is 2.51. The Morgan fingerprint density at radius 2 is 2.12 bits per heavy atom. The fourth-order valence-electron chi connectivity index (χ4n) is 1.95. The number of nitrogens with one attached hydrogen (secondary N) is 2. The monoisotopic (exact) mass is 241 g/mol. The van der Waals surface area contributed by atoms with Gasteiger partial charge in [-0.15, -0.1) is 0 Å². The molecule has 0 bridgehead atoms. The predicted octanol–water partition coefficient (Wildman–Crippen LogP) is 1.05. The van der Waals surface area contributed by atoms with E-state index in [1.165, 1.54) is 0 Å². The quantitative estimate of drug-likeness (QED) is 0.756. The second-order valence-electron chi connectivity index (χ2n) is 5.28. The molecule has 0 radical (unpaired) electrons. The number of methoxy groups -OCH3 is 1. The van der Waals surface area contributed by atoms with E-state index in [1.807, 2.05) is 27.7 Å². The summed E-state index contributed by atoms with van der Waals surface area (Å²) in [6, 6.07) is 0. The van der Waals surface area contributed by atoms with E-state index in [2.05, 4.69) is 15.6 Å². The van der Waals surface area contributed by atoms with Crippen molar-refractivity contribution in [3.05, 3.63) is 0 Å². The van der Waals surface area contributed by atoms with Crippen LogP contribution in [-0.4, -0.2) is 36.7 Å². The number of carbonyl (C=O) groups excluding carboxylic acids is 1. The van der Waals surface area contributed by atoms with Crippen LogP contribution >= 0.6 is 0 Å². The summed E-state index contributed by atoms with van der Waals surface area (Å²) in [5, 5.41) is 5.92. The fraction of sp³-hybridized carbons (Fsp3) is 0.833. The summed E-state index contributed by atoms with van der Waals surface area (Å²) in [7, 11) is 1.66. The van der Waals surface area contributed by atoms with E-state index in [9.17, 15) is 4.79 Å². The minimum atomic E-state index is -0.647. The number of carbonyl (C=O) groups is 1. The highest BCUT2D eigenvalue weighted by molar-refractivity contribution is 6.08. The first kappa shape index (κ1) is 14.0. The molecule has 0 aliphatic carbocycles. The van der Waals surface area contributed by atoms with Gasteiger partial charge in [0.15, 0.2) is 5.96 Å². The summed E-state index contributed by atoms with van der Waals surface area (Å²) < 4.78 is 5.37. The highest BCUT2D eigenvalue weighted by Gasteiger charge is 2.44. The van der Waals surface area contributed by atoms with Gasteiger partial charge in [0.05, 0.1) is 5.60 Å². The van der Waals surface area contributed by atoms with Gasteiger partial charge in [0.1, 0.15) is 5.54 Å². The Hall–Kier alpha value is -1.10. The van der Waals surface area contributed by atoms with Crippen molar-refractivity contribution >= 4 is 11.9 Å². The number of rotatable bonds is 5. The lowest BCUT2D eigenvalue weighted by Crippen LogP contribution is -2.49. The van der Waals surface area contributed by atoms with Crippen molar-refractivity contribution in [2.24, 2.45) is 4.99 Å². The van der Waals surface area contributed by atoms with Crippen LogP contribution in [0.5, 0.6) is 0 Å². The number of guanidine groups is 1. The lowest BCUT2D eigenvalue weighted by molar-refractivity contribution is -0.126. The Labute approximate surface area is 103 Å². The van der Waals surface area contributed by atoms with Gasteiger partial charge in [-0.1, -0.05) is 6.92 Å². The standard InChI is InChI=1S/C12H23N3O2/c1-6-7-13-10-14-9(16)12(4,15-10)8-11(2,3)17-5/h6-8H2,1-5H3,(H2,13,14,15,16). The Bertz CT molecular complexity index is 326. The zero-order chi connectivity index (χ0) is 13.1. The first-order valence-electron chi connectivity index (χ1n) is 6.02. The zero-order valence-electron chi connectivity index (χ0n) is 11.4. The van der Waals surface area contributed by atoms with Gasteiger partial charge in [0.25, 0.3) is 5.91 Å². The van der Waals surface area contributed by atoms with E-state index < -0.39 is 5.54 Å². The zero-order valence-corrected chi connectivity index (χ0v) is 11.4. The van der Waals surface area contributed by atoms with Crippen LogP contribution in [0, 0.1) is 0 Å². The number of nitrogens with zero attached hydrogens (tertiary/aromatic N) is 1. The van der Waals surface area contributed by atoms with Gasteiger partial charge in [-0.05, 0) is 27.2 Å². The van der Waals surface area contributed by atoms with E-state index in [1.54, 1.807) is 7.11 Å². The molecule has 0 spiro atoms. The van der Waals surface area contributed by atoms with E-state index >= 15 is 0 Å². The summed E-state index contributed by atoms with van der Waals surface area (Å²) >= 11 is 0. The number of amides is 1. The number of aliphatic imine (C=N–C) groups is 1. The second-order valence-corrected chi connectivity index (χ2v) is 5.28. The van der Waals surface area contributed by atoms with Crippen LogP contribution in [0.3, 0.4) is 0 Å². The summed E-state index contributed by atoms with van der Waals surface area (Å²) in [5.41, 5.74) is -0.995. The van der Waals surface area contributed by atoms with Crippen molar-refractivity contribution in [1.82, 2.24) is 10.6 Å². The maximum atomic E-state index is 12.0. The Kier molecular flexibility index (Phi) is 4.14. The molecule has 17 heavy (non-hydrogen) atoms. The van der Waals surface area contributed by atoms with Crippen LogP contribution in [0.15, 0.2) is 4.99 Å². The number of ether oxygens (including phenoxy) is 1. The second kappa shape index (κ2) is 5.04. The third-order valence-electron chi connectivity index (χ3n) is 2.95. The van der Waals surface area contributed by atoms with Gasteiger partial charge in [-0.2, -0.15) is 0 Å². The van der Waals surface area contributed by atoms with Gasteiger partial charge in [0.2, 0.25) is 0 Å². The molecule has 1 aliphatic rings. The van der Waals surface area contributed by atoms with E-state index in [4.69, 9.17) is 4.74 Å². The van der Waals surface area contributed by atoms with Gasteiger partial charge < -0.3 is 10.1 Å². The molecule has 2 N–H and O–H groups in total. The van der Waals surface area contributed by atoms with E-state index in [-0.39, 0.29) is 11.5 Å². The molecule has 1 unspecified atom stereocenters. The number of hydrogen-bond acceptors (Lipinski definition) is 3. The van der Waals surface area contributed by atoms with Crippen molar-refractivity contribution in [3.8, 4) is 0 Å². The minimum absolute atomic E-state index is 0.0440. The highest BCUT2D eigenvalue weighted by atomic mass is 16.5. The van der Waals surface area contributed by atoms with Crippen molar-refractivity contribution in [1.29, 1.82) is 0 Å². The fourth-order valence-corrected chi connectivity index (χ4v) is 1.95. The molecule has 1 amide bonds. The van der Waals surface area contributed by atoms with Crippen molar-refractivity contribution in [3.63, 3.8) is 0 Å². The Morgan fingerprint density at radius 1 is 1.47 bits per heavy atom. The average molecular weight is 241 g/mol. The van der Waals surface area contributed by atoms with E-state index in [0.29, 0.717) is 18.9 Å². The molecule has 1 heterocycles. The lowest BCUT2D eigenvalue weighted by atomic mass is 9.88. The Morgan fingerprint density at radius 3 is 2.65 bits per heavy atom. The van der Waals surface area contributed by atoms with Gasteiger partial charge in [0, 0.05) is 20.1 Å². The van der Waals surface area contributed by atoms with Gasteiger partial charge in [-0.3, -0.25) is 15.1 Å². The minimum Gasteiger partial charge on any atom is -0.379 e. The van der Waals surface area contributed by atoms with Crippen LogP contribution in [0.4, 0.5) is 0 Å². The van der Waals surface area contributed by atoms with Crippen LogP contribution in [-0.2, 0) is 9.53 Å². The van der Waals surface area contributed by atoms with Crippen molar-refractivity contribution in [2.75, 3.05) is 13.7 Å². The van der Waals surface area contributed by atoms with E-state index in [0.717, 1.165) is 6.42 Å². The molecule has 1 aliphatic heterocycles. The maximum absolute atomic E-state index is 12.0. The molecule has 0 aromatic rings. The largest absolute Gasteiger partial charge is 0.379 e. The molecule has 0 aromatic carbocycles. The third-order valence-corrected chi connectivity index (χ3v) is 2.95. The van der Waals surface area contributed by atoms with Crippen LogP contribution in [0.2, 0.25) is 0 Å². The first-order valence-corrected chi connectivity index (χ1v) is 6.02. The normalized spacial score (nSPS) is 27.1. The van der Waals surface area contributed by atoms with Crippen LogP contribution in [0.1, 0.15) is 40.5 Å². The predicted molar refractivity (Wildman–Crippen MR) is 68.0 cm³/mol. The maximum Gasteiger partial charge on any atom is 0.252 e. The summed E-state index contributed by atoms with van der Waals surface area (Å²) in [5.74, 6) is 0.531. The van der Waals surface area contributed by atoms with Gasteiger partial charge >= 0.3 is 0 Å². The smallest absolute Gasteiger partial charge is 0.252 e. The molecule has 1 atom stereocenters. The first-order chi connectivity index (χ1) is 7.83. The Balaban J connectivity index is 2.74. The molecular weight excluding hydrogens is 218 g/mol. The molecule has 1 fully saturated rings. The van der Waals surface area contributed by atoms with Gasteiger partial charge in [-0.25, -0.2) is 0 Å². The summed E-state index contributed by atoms with van der Waals surface area (Å²) in [4.78, 5) is 16.2. The summed E-state index contributed by atoms with van der Waals surface area (Å²) in [6.07, 6.45) is 1.55. The number of hydrogen-bond donors (Lipinski definition) is 2.